The minimum absolute atomic E-state index is 0.209. The van der Waals surface area contributed by atoms with Gasteiger partial charge in [-0.1, -0.05) is 27.5 Å². The summed E-state index contributed by atoms with van der Waals surface area (Å²) in [4.78, 5) is 0. The Morgan fingerprint density at radius 2 is 1.86 bits per heavy atom. The fourth-order valence-corrected chi connectivity index (χ4v) is 2.52. The minimum Gasteiger partial charge on any atom is -0.491 e. The quantitative estimate of drug-likeness (QED) is 0.690. The monoisotopic (exact) mass is 433 g/mol. The number of anilines is 1. The summed E-state index contributed by atoms with van der Waals surface area (Å²) in [5.41, 5.74) is 0.912. The van der Waals surface area contributed by atoms with Crippen LogP contribution in [0.1, 0.15) is 0 Å². The molecule has 0 spiro atoms. The smallest absolute Gasteiger partial charge is 0.119 e. The van der Waals surface area contributed by atoms with E-state index in [4.69, 9.17) is 16.3 Å². The highest BCUT2D eigenvalue weighted by molar-refractivity contribution is 9.11. The van der Waals surface area contributed by atoms with Gasteiger partial charge >= 0.3 is 0 Å². The fourth-order valence-electron chi connectivity index (χ4n) is 1.64. The van der Waals surface area contributed by atoms with E-state index in [0.717, 1.165) is 14.6 Å². The molecule has 1 atom stereocenters. The van der Waals surface area contributed by atoms with Crippen LogP contribution in [0.5, 0.6) is 5.75 Å². The van der Waals surface area contributed by atoms with Gasteiger partial charge < -0.3 is 15.2 Å². The highest BCUT2D eigenvalue weighted by Crippen LogP contribution is 2.26. The van der Waals surface area contributed by atoms with Gasteiger partial charge in [-0.15, -0.1) is 0 Å². The van der Waals surface area contributed by atoms with E-state index in [0.29, 0.717) is 17.3 Å². The molecular weight excluding hydrogens is 421 g/mol. The molecular formula is C15H14Br2ClNO2. The summed E-state index contributed by atoms with van der Waals surface area (Å²) < 4.78 is 7.41. The molecule has 0 aliphatic rings. The standard InChI is InChI=1S/C15H14Br2ClNO2/c16-10-1-6-14(17)15(7-10)19-8-12(20)9-21-13-4-2-11(18)3-5-13/h1-7,12,19-20H,8-9H2. The SMILES string of the molecule is OC(CNc1cc(Br)ccc1Br)COc1ccc(Cl)cc1. The normalized spacial score (nSPS) is 12.0. The Bertz CT molecular complexity index is 593. The van der Waals surface area contributed by atoms with Crippen molar-refractivity contribution < 1.29 is 9.84 Å². The van der Waals surface area contributed by atoms with Gasteiger partial charge in [0.2, 0.25) is 0 Å². The molecule has 0 amide bonds. The molecule has 0 bridgehead atoms. The van der Waals surface area contributed by atoms with Crippen molar-refractivity contribution in [3.63, 3.8) is 0 Å². The lowest BCUT2D eigenvalue weighted by Crippen LogP contribution is -2.26. The summed E-state index contributed by atoms with van der Waals surface area (Å²) in [6.07, 6.45) is -0.619. The van der Waals surface area contributed by atoms with Gasteiger partial charge in [-0.05, 0) is 58.4 Å². The molecule has 0 aromatic heterocycles. The average Bonchev–Trinajstić information content (AvgIpc) is 2.47. The summed E-state index contributed by atoms with van der Waals surface area (Å²) in [7, 11) is 0. The van der Waals surface area contributed by atoms with Crippen molar-refractivity contribution in [1.29, 1.82) is 0 Å². The lowest BCUT2D eigenvalue weighted by molar-refractivity contribution is 0.117. The number of aliphatic hydroxyl groups excluding tert-OH is 1. The number of halogens is 3. The molecule has 0 aliphatic carbocycles. The lowest BCUT2D eigenvalue weighted by Gasteiger charge is -2.15. The first-order valence-electron chi connectivity index (χ1n) is 6.30. The van der Waals surface area contributed by atoms with Crippen LogP contribution in [0.15, 0.2) is 51.4 Å². The van der Waals surface area contributed by atoms with Crippen LogP contribution in [0.4, 0.5) is 5.69 Å². The zero-order chi connectivity index (χ0) is 15.2. The maximum absolute atomic E-state index is 9.95. The number of hydrogen-bond acceptors (Lipinski definition) is 3. The van der Waals surface area contributed by atoms with Gasteiger partial charge in [-0.25, -0.2) is 0 Å². The summed E-state index contributed by atoms with van der Waals surface area (Å²) >= 11 is 12.7. The average molecular weight is 436 g/mol. The van der Waals surface area contributed by atoms with E-state index in [1.54, 1.807) is 24.3 Å². The van der Waals surface area contributed by atoms with E-state index in [9.17, 15) is 5.11 Å². The first kappa shape index (κ1) is 16.6. The number of rotatable bonds is 6. The Hall–Kier alpha value is -0.750. The van der Waals surface area contributed by atoms with E-state index in [1.807, 2.05) is 18.2 Å². The molecule has 0 saturated heterocycles. The van der Waals surface area contributed by atoms with Crippen LogP contribution in [-0.4, -0.2) is 24.4 Å². The molecule has 2 rings (SSSR count). The summed E-state index contributed by atoms with van der Waals surface area (Å²) in [5.74, 6) is 0.682. The predicted octanol–water partition coefficient (Wildman–Crippen LogP) is 4.72. The summed E-state index contributed by atoms with van der Waals surface area (Å²) in [5, 5.41) is 13.8. The van der Waals surface area contributed by atoms with Crippen LogP contribution in [0.25, 0.3) is 0 Å². The van der Waals surface area contributed by atoms with E-state index < -0.39 is 6.10 Å². The maximum Gasteiger partial charge on any atom is 0.119 e. The van der Waals surface area contributed by atoms with Crippen LogP contribution >= 0.6 is 43.5 Å². The van der Waals surface area contributed by atoms with Crippen molar-refractivity contribution in [1.82, 2.24) is 0 Å². The van der Waals surface area contributed by atoms with Gasteiger partial charge in [-0.3, -0.25) is 0 Å². The van der Waals surface area contributed by atoms with Crippen LogP contribution in [0.3, 0.4) is 0 Å². The van der Waals surface area contributed by atoms with Crippen LogP contribution in [-0.2, 0) is 0 Å². The first-order chi connectivity index (χ1) is 10.0. The lowest BCUT2D eigenvalue weighted by atomic mass is 10.3. The molecule has 2 aromatic rings. The third kappa shape index (κ3) is 5.51. The third-order valence-corrected chi connectivity index (χ3v) is 4.15. The van der Waals surface area contributed by atoms with Gasteiger partial charge in [0, 0.05) is 26.2 Å². The summed E-state index contributed by atoms with van der Waals surface area (Å²) in [6, 6.07) is 12.9. The van der Waals surface area contributed by atoms with Gasteiger partial charge in [0.05, 0.1) is 0 Å². The summed E-state index contributed by atoms with van der Waals surface area (Å²) in [6.45, 7) is 0.600. The number of benzene rings is 2. The Labute approximate surface area is 145 Å². The van der Waals surface area contributed by atoms with Crippen LogP contribution in [0.2, 0.25) is 5.02 Å². The van der Waals surface area contributed by atoms with E-state index >= 15 is 0 Å². The van der Waals surface area contributed by atoms with Gasteiger partial charge in [0.15, 0.2) is 0 Å². The molecule has 6 heteroatoms. The molecule has 0 fully saturated rings. The Balaban J connectivity index is 1.80. The molecule has 0 aliphatic heterocycles. The second-order valence-electron chi connectivity index (χ2n) is 4.42. The van der Waals surface area contributed by atoms with Gasteiger partial charge in [-0.2, -0.15) is 0 Å². The molecule has 3 nitrogen and oxygen atoms in total. The fraction of sp³-hybridized carbons (Fsp3) is 0.200. The number of ether oxygens (including phenoxy) is 1. The van der Waals surface area contributed by atoms with Crippen LogP contribution in [0, 0.1) is 0 Å². The molecule has 1 unspecified atom stereocenters. The van der Waals surface area contributed by atoms with Crippen molar-refractivity contribution in [3.8, 4) is 5.75 Å². The first-order valence-corrected chi connectivity index (χ1v) is 8.26. The number of hydrogen-bond donors (Lipinski definition) is 2. The zero-order valence-corrected chi connectivity index (χ0v) is 15.0. The molecule has 0 radical (unpaired) electrons. The Morgan fingerprint density at radius 1 is 1.14 bits per heavy atom. The Morgan fingerprint density at radius 3 is 2.57 bits per heavy atom. The van der Waals surface area contributed by atoms with Crippen molar-refractivity contribution in [2.75, 3.05) is 18.5 Å². The largest absolute Gasteiger partial charge is 0.491 e. The molecule has 112 valence electrons. The molecule has 0 saturated carbocycles. The molecule has 2 N–H and O–H groups in total. The van der Waals surface area contributed by atoms with E-state index in [2.05, 4.69) is 37.2 Å². The van der Waals surface area contributed by atoms with Crippen molar-refractivity contribution in [2.24, 2.45) is 0 Å². The molecule has 0 heterocycles. The molecule has 21 heavy (non-hydrogen) atoms. The van der Waals surface area contributed by atoms with Gasteiger partial charge in [0.25, 0.3) is 0 Å². The third-order valence-electron chi connectivity index (χ3n) is 2.71. The van der Waals surface area contributed by atoms with E-state index in [1.165, 1.54) is 0 Å². The Kier molecular flexibility index (Phi) is 6.36. The number of nitrogens with one attached hydrogen (secondary N) is 1. The van der Waals surface area contributed by atoms with Crippen molar-refractivity contribution in [3.05, 3.63) is 56.4 Å². The van der Waals surface area contributed by atoms with Gasteiger partial charge in [0.1, 0.15) is 18.5 Å². The second-order valence-corrected chi connectivity index (χ2v) is 6.63. The van der Waals surface area contributed by atoms with E-state index in [-0.39, 0.29) is 6.61 Å². The zero-order valence-electron chi connectivity index (χ0n) is 11.0. The minimum atomic E-state index is -0.619. The molecule has 2 aromatic carbocycles. The topological polar surface area (TPSA) is 41.5 Å². The highest BCUT2D eigenvalue weighted by atomic mass is 79.9. The maximum atomic E-state index is 9.95. The van der Waals surface area contributed by atoms with Crippen molar-refractivity contribution >= 4 is 49.1 Å². The van der Waals surface area contributed by atoms with Crippen LogP contribution < -0.4 is 10.1 Å². The van der Waals surface area contributed by atoms with Crippen molar-refractivity contribution in [2.45, 2.75) is 6.10 Å². The highest BCUT2D eigenvalue weighted by Gasteiger charge is 2.07. The number of aliphatic hydroxyl groups is 1. The second kappa shape index (κ2) is 8.03. The predicted molar refractivity (Wildman–Crippen MR) is 93.3 cm³/mol.